The molecule has 2 N–H and O–H groups in total. The average molecular weight is 381 g/mol. The van der Waals surface area contributed by atoms with Crippen LogP contribution in [0.15, 0.2) is 24.3 Å². The van der Waals surface area contributed by atoms with E-state index in [-0.39, 0.29) is 18.5 Å². The molecule has 0 aliphatic rings. The van der Waals surface area contributed by atoms with Gasteiger partial charge >= 0.3 is 0 Å². The van der Waals surface area contributed by atoms with E-state index in [2.05, 4.69) is 15.0 Å². The van der Waals surface area contributed by atoms with E-state index in [4.69, 9.17) is 11.6 Å². The third-order valence-corrected chi connectivity index (χ3v) is 5.58. The summed E-state index contributed by atoms with van der Waals surface area (Å²) in [4.78, 5) is 7.91. The molecule has 1 atom stereocenters. The van der Waals surface area contributed by atoms with E-state index in [0.29, 0.717) is 35.3 Å². The summed E-state index contributed by atoms with van der Waals surface area (Å²) in [5, 5.41) is 25.2. The molecule has 0 spiro atoms. The first kappa shape index (κ1) is 18.1. The Morgan fingerprint density at radius 3 is 2.68 bits per heavy atom. The molecular weight excluding hydrogens is 360 g/mol. The summed E-state index contributed by atoms with van der Waals surface area (Å²) < 4.78 is 1.48. The second kappa shape index (κ2) is 7.70. The Balaban J connectivity index is 2.15. The van der Waals surface area contributed by atoms with Crippen molar-refractivity contribution in [1.82, 2.24) is 19.5 Å². The highest BCUT2D eigenvalue weighted by Gasteiger charge is 2.30. The van der Waals surface area contributed by atoms with E-state index in [9.17, 15) is 10.2 Å². The molecule has 0 saturated carbocycles. The summed E-state index contributed by atoms with van der Waals surface area (Å²) in [6.07, 6.45) is 0.711. The third-order valence-electron chi connectivity index (χ3n) is 4.17. The van der Waals surface area contributed by atoms with Gasteiger partial charge in [0.25, 0.3) is 0 Å². The molecule has 3 rings (SSSR count). The van der Waals surface area contributed by atoms with E-state index in [1.165, 1.54) is 15.9 Å². The number of hydrogen-bond donors (Lipinski definition) is 2. The van der Waals surface area contributed by atoms with Gasteiger partial charge in [-0.2, -0.15) is 4.52 Å². The molecule has 0 amide bonds. The van der Waals surface area contributed by atoms with E-state index >= 15 is 0 Å². The Morgan fingerprint density at radius 2 is 2.08 bits per heavy atom. The van der Waals surface area contributed by atoms with Crippen LogP contribution in [0.1, 0.15) is 36.2 Å². The highest BCUT2D eigenvalue weighted by molar-refractivity contribution is 7.17. The van der Waals surface area contributed by atoms with Gasteiger partial charge in [-0.3, -0.25) is 4.90 Å². The standard InChI is InChI=1S/C17H21ClN4O2S/c1-3-13-19-17-22(20-13)16(24)15(25-17)14(21(4-2)9-10-23)11-7-5-6-8-12(11)18/h5-8,14,23-24H,3-4,9-10H2,1-2H3. The lowest BCUT2D eigenvalue weighted by atomic mass is 10.0. The highest BCUT2D eigenvalue weighted by Crippen LogP contribution is 2.41. The minimum atomic E-state index is -0.274. The Morgan fingerprint density at radius 1 is 1.32 bits per heavy atom. The maximum absolute atomic E-state index is 10.8. The van der Waals surface area contributed by atoms with E-state index in [0.717, 1.165) is 10.4 Å². The van der Waals surface area contributed by atoms with Gasteiger partial charge < -0.3 is 10.2 Å². The minimum absolute atomic E-state index is 0.0241. The van der Waals surface area contributed by atoms with Gasteiger partial charge in [-0.05, 0) is 18.2 Å². The van der Waals surface area contributed by atoms with Crippen molar-refractivity contribution >= 4 is 27.9 Å². The van der Waals surface area contributed by atoms with Crippen molar-refractivity contribution < 1.29 is 10.2 Å². The Labute approximate surface area is 155 Å². The maximum atomic E-state index is 10.8. The Kier molecular flexibility index (Phi) is 5.58. The lowest BCUT2D eigenvalue weighted by Crippen LogP contribution is -2.32. The van der Waals surface area contributed by atoms with Gasteiger partial charge in [-0.15, -0.1) is 5.10 Å². The lowest BCUT2D eigenvalue weighted by molar-refractivity contribution is 0.174. The number of nitrogens with zero attached hydrogens (tertiary/aromatic N) is 4. The molecule has 0 bridgehead atoms. The zero-order chi connectivity index (χ0) is 18.0. The zero-order valence-electron chi connectivity index (χ0n) is 14.2. The number of benzene rings is 1. The number of aromatic nitrogens is 3. The molecular formula is C17H21ClN4O2S. The predicted octanol–water partition coefficient (Wildman–Crippen LogP) is 3.12. The Hall–Kier alpha value is -1.67. The fourth-order valence-electron chi connectivity index (χ4n) is 2.92. The summed E-state index contributed by atoms with van der Waals surface area (Å²) in [5.74, 6) is 0.776. The highest BCUT2D eigenvalue weighted by atomic mass is 35.5. The van der Waals surface area contributed by atoms with E-state index in [1.54, 1.807) is 0 Å². The monoisotopic (exact) mass is 380 g/mol. The average Bonchev–Trinajstić information content (AvgIpc) is 3.15. The van der Waals surface area contributed by atoms with Gasteiger partial charge in [0.15, 0.2) is 5.82 Å². The van der Waals surface area contributed by atoms with Crippen molar-refractivity contribution in [3.05, 3.63) is 45.6 Å². The smallest absolute Gasteiger partial charge is 0.230 e. The molecule has 2 aromatic heterocycles. The first-order valence-corrected chi connectivity index (χ1v) is 9.46. The molecule has 2 heterocycles. The van der Waals surface area contributed by atoms with Crippen LogP contribution in [0.25, 0.3) is 4.96 Å². The first-order chi connectivity index (χ1) is 12.1. The van der Waals surface area contributed by atoms with Gasteiger partial charge in [0, 0.05) is 18.0 Å². The van der Waals surface area contributed by atoms with Gasteiger partial charge in [-0.1, -0.05) is 55.0 Å². The fourth-order valence-corrected chi connectivity index (χ4v) is 4.28. The van der Waals surface area contributed by atoms with Crippen LogP contribution in [0.5, 0.6) is 5.88 Å². The van der Waals surface area contributed by atoms with Crippen LogP contribution in [0.4, 0.5) is 0 Å². The number of aliphatic hydroxyl groups excluding tert-OH is 1. The number of likely N-dealkylation sites (N-methyl/N-ethyl adjacent to an activating group) is 1. The maximum Gasteiger partial charge on any atom is 0.230 e. The molecule has 25 heavy (non-hydrogen) atoms. The number of hydrogen-bond acceptors (Lipinski definition) is 6. The number of rotatable bonds is 7. The third kappa shape index (κ3) is 3.37. The quantitative estimate of drug-likeness (QED) is 0.658. The predicted molar refractivity (Wildman–Crippen MR) is 99.5 cm³/mol. The molecule has 0 aliphatic carbocycles. The van der Waals surface area contributed by atoms with Crippen molar-refractivity contribution in [2.75, 3.05) is 19.7 Å². The SMILES string of the molecule is CCc1nc2sc(C(c3ccccc3Cl)N(CC)CCO)c(O)n2n1. The summed E-state index contributed by atoms with van der Waals surface area (Å²) in [7, 11) is 0. The first-order valence-electron chi connectivity index (χ1n) is 8.27. The summed E-state index contributed by atoms with van der Waals surface area (Å²) in [6, 6.07) is 7.30. The lowest BCUT2D eigenvalue weighted by Gasteiger charge is -2.30. The number of thiazole rings is 1. The Bertz CT molecular complexity index is 864. The second-order valence-corrected chi connectivity index (χ2v) is 7.06. The van der Waals surface area contributed by atoms with Gasteiger partial charge in [-0.25, -0.2) is 4.98 Å². The van der Waals surface area contributed by atoms with Crippen molar-refractivity contribution in [3.8, 4) is 5.88 Å². The second-order valence-electron chi connectivity index (χ2n) is 5.64. The van der Waals surface area contributed by atoms with Crippen LogP contribution < -0.4 is 0 Å². The van der Waals surface area contributed by atoms with Crippen LogP contribution in [0.3, 0.4) is 0 Å². The number of aryl methyl sites for hydroxylation is 1. The van der Waals surface area contributed by atoms with Crippen LogP contribution in [-0.4, -0.2) is 49.4 Å². The molecule has 0 fully saturated rings. The molecule has 134 valence electrons. The van der Waals surface area contributed by atoms with E-state index < -0.39 is 0 Å². The molecule has 3 aromatic rings. The zero-order valence-corrected chi connectivity index (χ0v) is 15.8. The fraction of sp³-hybridized carbons (Fsp3) is 0.412. The van der Waals surface area contributed by atoms with Crippen LogP contribution >= 0.6 is 22.9 Å². The molecule has 0 aliphatic heterocycles. The number of aliphatic hydroxyl groups is 1. The minimum Gasteiger partial charge on any atom is -0.492 e. The summed E-state index contributed by atoms with van der Waals surface area (Å²) in [5.41, 5.74) is 0.884. The normalized spacial score (nSPS) is 13.0. The molecule has 1 aromatic carbocycles. The van der Waals surface area contributed by atoms with Crippen LogP contribution in [0, 0.1) is 0 Å². The topological polar surface area (TPSA) is 73.9 Å². The van der Waals surface area contributed by atoms with Gasteiger partial charge in [0.2, 0.25) is 10.8 Å². The molecule has 0 radical (unpaired) electrons. The number of aromatic hydroxyl groups is 1. The number of fused-ring (bicyclic) bond motifs is 1. The van der Waals surface area contributed by atoms with Gasteiger partial charge in [0.05, 0.1) is 17.5 Å². The van der Waals surface area contributed by atoms with Gasteiger partial charge in [0.1, 0.15) is 0 Å². The van der Waals surface area contributed by atoms with Crippen LogP contribution in [-0.2, 0) is 6.42 Å². The van der Waals surface area contributed by atoms with Crippen molar-refractivity contribution in [2.24, 2.45) is 0 Å². The molecule has 6 nitrogen and oxygen atoms in total. The summed E-state index contributed by atoms with van der Waals surface area (Å²) in [6.45, 7) is 5.19. The molecule has 0 saturated heterocycles. The van der Waals surface area contributed by atoms with Crippen molar-refractivity contribution in [1.29, 1.82) is 0 Å². The molecule has 1 unspecified atom stereocenters. The summed E-state index contributed by atoms with van der Waals surface area (Å²) >= 11 is 7.84. The van der Waals surface area contributed by atoms with Crippen LogP contribution in [0.2, 0.25) is 5.02 Å². The number of halogens is 1. The van der Waals surface area contributed by atoms with E-state index in [1.807, 2.05) is 38.1 Å². The van der Waals surface area contributed by atoms with Crippen molar-refractivity contribution in [3.63, 3.8) is 0 Å². The largest absolute Gasteiger partial charge is 0.492 e. The van der Waals surface area contributed by atoms with Crippen molar-refractivity contribution in [2.45, 2.75) is 26.3 Å². The molecule has 8 heteroatoms.